The van der Waals surface area contributed by atoms with Gasteiger partial charge in [-0.15, -0.1) is 0 Å². The van der Waals surface area contributed by atoms with E-state index in [9.17, 15) is 9.59 Å². The molecule has 0 fully saturated rings. The number of amides is 2. The van der Waals surface area contributed by atoms with E-state index in [1.807, 2.05) is 54.6 Å². The second-order valence-electron chi connectivity index (χ2n) is 6.42. The van der Waals surface area contributed by atoms with Crippen molar-refractivity contribution in [2.75, 3.05) is 20.3 Å². The third kappa shape index (κ3) is 4.11. The molecule has 1 aliphatic heterocycles. The van der Waals surface area contributed by atoms with Crippen molar-refractivity contribution in [2.24, 2.45) is 0 Å². The van der Waals surface area contributed by atoms with Crippen molar-refractivity contribution in [1.29, 1.82) is 0 Å². The standard InChI is InChI=1S/C21H24N2O3/c1-26-13-7-12-22-21(25)20-18-11-6-5-10-17(18)14-19(24)23(20)15-16-8-3-2-4-9-16/h2-6,8-11,20H,7,12-15H2,1H3,(H,22,25). The van der Waals surface area contributed by atoms with E-state index in [1.165, 1.54) is 0 Å². The van der Waals surface area contributed by atoms with Crippen molar-refractivity contribution < 1.29 is 14.3 Å². The van der Waals surface area contributed by atoms with Gasteiger partial charge in [0, 0.05) is 26.8 Å². The molecule has 2 aromatic rings. The van der Waals surface area contributed by atoms with Crippen LogP contribution >= 0.6 is 0 Å². The molecule has 0 saturated heterocycles. The van der Waals surface area contributed by atoms with Gasteiger partial charge in [0.2, 0.25) is 11.8 Å². The van der Waals surface area contributed by atoms with Gasteiger partial charge in [0.15, 0.2) is 0 Å². The number of rotatable bonds is 7. The van der Waals surface area contributed by atoms with Crippen molar-refractivity contribution in [2.45, 2.75) is 25.4 Å². The topological polar surface area (TPSA) is 58.6 Å². The van der Waals surface area contributed by atoms with Gasteiger partial charge in [-0.2, -0.15) is 0 Å². The first-order valence-corrected chi connectivity index (χ1v) is 8.88. The maximum atomic E-state index is 12.9. The molecular weight excluding hydrogens is 328 g/mol. The van der Waals surface area contributed by atoms with Crippen LogP contribution in [0.2, 0.25) is 0 Å². The van der Waals surface area contributed by atoms with Gasteiger partial charge < -0.3 is 15.0 Å². The molecule has 5 heteroatoms. The number of carbonyl (C=O) groups excluding carboxylic acids is 2. The van der Waals surface area contributed by atoms with Gasteiger partial charge in [-0.25, -0.2) is 0 Å². The number of hydrogen-bond acceptors (Lipinski definition) is 3. The zero-order valence-corrected chi connectivity index (χ0v) is 15.0. The third-order valence-corrected chi connectivity index (χ3v) is 4.59. The predicted molar refractivity (Wildman–Crippen MR) is 99.4 cm³/mol. The van der Waals surface area contributed by atoms with Crippen LogP contribution in [0.5, 0.6) is 0 Å². The highest BCUT2D eigenvalue weighted by Crippen LogP contribution is 2.32. The zero-order chi connectivity index (χ0) is 18.4. The molecule has 0 saturated carbocycles. The zero-order valence-electron chi connectivity index (χ0n) is 15.0. The lowest BCUT2D eigenvalue weighted by Crippen LogP contribution is -2.47. The second-order valence-corrected chi connectivity index (χ2v) is 6.42. The Bertz CT molecular complexity index is 761. The van der Waals surface area contributed by atoms with Gasteiger partial charge in [0.25, 0.3) is 0 Å². The van der Waals surface area contributed by atoms with Gasteiger partial charge in [0.05, 0.1) is 6.42 Å². The first-order chi connectivity index (χ1) is 12.7. The lowest BCUT2D eigenvalue weighted by molar-refractivity contribution is -0.142. The Labute approximate surface area is 154 Å². The number of ether oxygens (including phenoxy) is 1. The Hall–Kier alpha value is -2.66. The molecule has 26 heavy (non-hydrogen) atoms. The molecule has 136 valence electrons. The van der Waals surface area contributed by atoms with E-state index in [0.717, 1.165) is 23.1 Å². The van der Waals surface area contributed by atoms with Crippen molar-refractivity contribution in [1.82, 2.24) is 10.2 Å². The van der Waals surface area contributed by atoms with E-state index in [-0.39, 0.29) is 11.8 Å². The average molecular weight is 352 g/mol. The first-order valence-electron chi connectivity index (χ1n) is 8.88. The van der Waals surface area contributed by atoms with Crippen LogP contribution in [0.1, 0.15) is 29.2 Å². The first kappa shape index (κ1) is 18.1. The van der Waals surface area contributed by atoms with E-state index in [2.05, 4.69) is 5.32 Å². The Morgan fingerprint density at radius 2 is 1.88 bits per heavy atom. The summed E-state index contributed by atoms with van der Waals surface area (Å²) in [5, 5.41) is 2.95. The Balaban J connectivity index is 1.85. The van der Waals surface area contributed by atoms with Crippen LogP contribution < -0.4 is 5.32 Å². The lowest BCUT2D eigenvalue weighted by Gasteiger charge is -2.36. The normalized spacial score (nSPS) is 16.3. The summed E-state index contributed by atoms with van der Waals surface area (Å²) in [6.45, 7) is 1.54. The summed E-state index contributed by atoms with van der Waals surface area (Å²) in [7, 11) is 1.64. The Morgan fingerprint density at radius 1 is 1.15 bits per heavy atom. The molecule has 0 aromatic heterocycles. The van der Waals surface area contributed by atoms with Gasteiger partial charge in [-0.3, -0.25) is 9.59 Å². The fourth-order valence-electron chi connectivity index (χ4n) is 3.31. The number of fused-ring (bicyclic) bond motifs is 1. The molecule has 1 aliphatic rings. The van der Waals surface area contributed by atoms with Crippen LogP contribution in [0.15, 0.2) is 54.6 Å². The molecule has 1 heterocycles. The van der Waals surface area contributed by atoms with E-state index >= 15 is 0 Å². The number of nitrogens with one attached hydrogen (secondary N) is 1. The van der Waals surface area contributed by atoms with Gasteiger partial charge in [-0.05, 0) is 23.1 Å². The highest BCUT2D eigenvalue weighted by atomic mass is 16.5. The predicted octanol–water partition coefficient (Wildman–Crippen LogP) is 2.47. The lowest BCUT2D eigenvalue weighted by atomic mass is 9.91. The SMILES string of the molecule is COCCCNC(=O)C1c2ccccc2CC(=O)N1Cc1ccccc1. The Kier molecular flexibility index (Phi) is 6.02. The molecule has 0 bridgehead atoms. The molecule has 1 N–H and O–H groups in total. The fraction of sp³-hybridized carbons (Fsp3) is 0.333. The van der Waals surface area contributed by atoms with Crippen LogP contribution in [0, 0.1) is 0 Å². The van der Waals surface area contributed by atoms with Gasteiger partial charge in [-0.1, -0.05) is 54.6 Å². The number of benzene rings is 2. The van der Waals surface area contributed by atoms with E-state index in [0.29, 0.717) is 26.1 Å². The number of carbonyl (C=O) groups is 2. The average Bonchev–Trinajstić information content (AvgIpc) is 2.66. The van der Waals surface area contributed by atoms with Crippen LogP contribution in [-0.2, 0) is 27.3 Å². The monoisotopic (exact) mass is 352 g/mol. The molecule has 1 atom stereocenters. The molecule has 0 spiro atoms. The van der Waals surface area contributed by atoms with E-state index < -0.39 is 6.04 Å². The highest BCUT2D eigenvalue weighted by Gasteiger charge is 2.36. The van der Waals surface area contributed by atoms with Crippen molar-refractivity contribution in [3.05, 3.63) is 71.3 Å². The maximum absolute atomic E-state index is 12.9. The summed E-state index contributed by atoms with van der Waals surface area (Å²) in [6.07, 6.45) is 1.07. The second kappa shape index (κ2) is 8.63. The van der Waals surface area contributed by atoms with Gasteiger partial charge in [0.1, 0.15) is 6.04 Å². The minimum absolute atomic E-state index is 0.0235. The quantitative estimate of drug-likeness (QED) is 0.779. The summed E-state index contributed by atoms with van der Waals surface area (Å²) in [5.74, 6) is -0.165. The van der Waals surface area contributed by atoms with Crippen LogP contribution in [0.4, 0.5) is 0 Å². The van der Waals surface area contributed by atoms with Crippen molar-refractivity contribution >= 4 is 11.8 Å². The summed E-state index contributed by atoms with van der Waals surface area (Å²) in [6, 6.07) is 16.9. The minimum Gasteiger partial charge on any atom is -0.385 e. The number of methoxy groups -OCH3 is 1. The molecule has 1 unspecified atom stereocenters. The third-order valence-electron chi connectivity index (χ3n) is 4.59. The van der Waals surface area contributed by atoms with E-state index in [1.54, 1.807) is 12.0 Å². The molecule has 0 aliphatic carbocycles. The molecular formula is C21H24N2O3. The van der Waals surface area contributed by atoms with Crippen LogP contribution in [-0.4, -0.2) is 37.0 Å². The highest BCUT2D eigenvalue weighted by molar-refractivity contribution is 5.92. The minimum atomic E-state index is -0.602. The summed E-state index contributed by atoms with van der Waals surface area (Å²) < 4.78 is 5.03. The summed E-state index contributed by atoms with van der Waals surface area (Å²) >= 11 is 0. The van der Waals surface area contributed by atoms with E-state index in [4.69, 9.17) is 4.74 Å². The van der Waals surface area contributed by atoms with Crippen molar-refractivity contribution in [3.8, 4) is 0 Å². The molecule has 3 rings (SSSR count). The molecule has 2 amide bonds. The molecule has 0 radical (unpaired) electrons. The maximum Gasteiger partial charge on any atom is 0.247 e. The fourth-order valence-corrected chi connectivity index (χ4v) is 3.31. The van der Waals surface area contributed by atoms with Crippen LogP contribution in [0.3, 0.4) is 0 Å². The van der Waals surface area contributed by atoms with Crippen LogP contribution in [0.25, 0.3) is 0 Å². The largest absolute Gasteiger partial charge is 0.385 e. The molecule has 5 nitrogen and oxygen atoms in total. The van der Waals surface area contributed by atoms with Gasteiger partial charge >= 0.3 is 0 Å². The summed E-state index contributed by atoms with van der Waals surface area (Å²) in [5.41, 5.74) is 2.85. The van der Waals surface area contributed by atoms with Crippen molar-refractivity contribution in [3.63, 3.8) is 0 Å². The smallest absolute Gasteiger partial charge is 0.247 e. The number of hydrogen-bond donors (Lipinski definition) is 1. The summed E-state index contributed by atoms with van der Waals surface area (Å²) in [4.78, 5) is 27.4. The Morgan fingerprint density at radius 3 is 2.65 bits per heavy atom. The molecule has 2 aromatic carbocycles. The number of nitrogens with zero attached hydrogens (tertiary/aromatic N) is 1.